The molecule has 0 bridgehead atoms. The van der Waals surface area contributed by atoms with Gasteiger partial charge in [0.15, 0.2) is 0 Å². The molecule has 1 unspecified atom stereocenters. The summed E-state index contributed by atoms with van der Waals surface area (Å²) in [5, 5.41) is 0.147. The highest BCUT2D eigenvalue weighted by Crippen LogP contribution is 2.33. The lowest BCUT2D eigenvalue weighted by Crippen LogP contribution is -2.25. The highest BCUT2D eigenvalue weighted by molar-refractivity contribution is 6.31. The summed E-state index contributed by atoms with van der Waals surface area (Å²) >= 11 is 5.87. The summed E-state index contributed by atoms with van der Waals surface area (Å²) in [7, 11) is 0. The third kappa shape index (κ3) is 3.33. The molecule has 1 heterocycles. The van der Waals surface area contributed by atoms with Gasteiger partial charge < -0.3 is 10.6 Å². The number of rotatable bonds is 2. The van der Waals surface area contributed by atoms with E-state index in [0.29, 0.717) is 11.6 Å². The van der Waals surface area contributed by atoms with E-state index in [2.05, 4.69) is 18.7 Å². The van der Waals surface area contributed by atoms with Gasteiger partial charge in [0, 0.05) is 19.2 Å². The molecule has 1 atom stereocenters. The summed E-state index contributed by atoms with van der Waals surface area (Å²) in [4.78, 5) is 2.24. The molecule has 2 rings (SSSR count). The Hall–Kier alpha value is -0.960. The van der Waals surface area contributed by atoms with Gasteiger partial charge in [-0.3, -0.25) is 0 Å². The molecule has 1 aliphatic rings. The van der Waals surface area contributed by atoms with Crippen molar-refractivity contribution in [1.29, 1.82) is 0 Å². The number of hydrogen-bond acceptors (Lipinski definition) is 2. The second-order valence-electron chi connectivity index (χ2n) is 5.75. The van der Waals surface area contributed by atoms with Gasteiger partial charge in [0.25, 0.3) is 0 Å². The van der Waals surface area contributed by atoms with E-state index in [-0.39, 0.29) is 5.02 Å². The number of nitrogen functional groups attached to an aromatic ring is 1. The molecular formula is C15H22ClFN2. The Morgan fingerprint density at radius 3 is 2.74 bits per heavy atom. The third-order valence-corrected chi connectivity index (χ3v) is 4.42. The van der Waals surface area contributed by atoms with Crippen molar-refractivity contribution in [2.75, 3.05) is 23.7 Å². The average Bonchev–Trinajstić information content (AvgIpc) is 2.59. The monoisotopic (exact) mass is 284 g/mol. The second-order valence-corrected chi connectivity index (χ2v) is 6.15. The van der Waals surface area contributed by atoms with Crippen molar-refractivity contribution < 1.29 is 4.39 Å². The fraction of sp³-hybridized carbons (Fsp3) is 0.600. The molecule has 1 aliphatic heterocycles. The van der Waals surface area contributed by atoms with Crippen LogP contribution >= 0.6 is 11.6 Å². The Morgan fingerprint density at radius 1 is 1.32 bits per heavy atom. The first-order valence-corrected chi connectivity index (χ1v) is 7.36. The van der Waals surface area contributed by atoms with Crippen molar-refractivity contribution >= 4 is 23.0 Å². The number of benzene rings is 1. The number of anilines is 2. The molecule has 2 nitrogen and oxygen atoms in total. The van der Waals surface area contributed by atoms with Gasteiger partial charge in [-0.2, -0.15) is 0 Å². The van der Waals surface area contributed by atoms with Crippen LogP contribution in [0.25, 0.3) is 0 Å². The number of halogens is 2. The molecule has 0 amide bonds. The minimum Gasteiger partial charge on any atom is -0.397 e. The van der Waals surface area contributed by atoms with Crippen LogP contribution in [-0.2, 0) is 0 Å². The summed E-state index contributed by atoms with van der Waals surface area (Å²) in [5.41, 5.74) is 7.27. The molecule has 19 heavy (non-hydrogen) atoms. The van der Waals surface area contributed by atoms with E-state index in [1.807, 2.05) is 0 Å². The summed E-state index contributed by atoms with van der Waals surface area (Å²) < 4.78 is 13.3. The van der Waals surface area contributed by atoms with Crippen LogP contribution in [0.15, 0.2) is 12.1 Å². The SMILES string of the molecule is CC(C)C1CCCN(c2cc(Cl)c(F)cc2N)CC1. The fourth-order valence-corrected chi connectivity index (χ4v) is 3.01. The van der Waals surface area contributed by atoms with Gasteiger partial charge in [0.05, 0.1) is 16.4 Å². The van der Waals surface area contributed by atoms with Crippen LogP contribution in [0.3, 0.4) is 0 Å². The largest absolute Gasteiger partial charge is 0.397 e. The smallest absolute Gasteiger partial charge is 0.143 e. The molecule has 1 aromatic carbocycles. The molecule has 2 N–H and O–H groups in total. The van der Waals surface area contributed by atoms with Crippen LogP contribution in [-0.4, -0.2) is 13.1 Å². The van der Waals surface area contributed by atoms with Gasteiger partial charge in [-0.15, -0.1) is 0 Å². The van der Waals surface area contributed by atoms with Crippen molar-refractivity contribution in [2.24, 2.45) is 11.8 Å². The minimum atomic E-state index is -0.446. The maximum absolute atomic E-state index is 13.3. The van der Waals surface area contributed by atoms with Crippen molar-refractivity contribution in [3.05, 3.63) is 23.0 Å². The quantitative estimate of drug-likeness (QED) is 0.819. The minimum absolute atomic E-state index is 0.147. The zero-order chi connectivity index (χ0) is 14.0. The lowest BCUT2D eigenvalue weighted by Gasteiger charge is -2.25. The number of nitrogens with two attached hydrogens (primary N) is 1. The Labute approximate surface area is 119 Å². The van der Waals surface area contributed by atoms with Crippen molar-refractivity contribution in [1.82, 2.24) is 0 Å². The summed E-state index contributed by atoms with van der Waals surface area (Å²) in [6.07, 6.45) is 3.56. The Morgan fingerprint density at radius 2 is 2.05 bits per heavy atom. The molecule has 0 aromatic heterocycles. The van der Waals surface area contributed by atoms with Gasteiger partial charge in [0.2, 0.25) is 0 Å². The van der Waals surface area contributed by atoms with Gasteiger partial charge in [-0.05, 0) is 37.2 Å². The highest BCUT2D eigenvalue weighted by Gasteiger charge is 2.21. The summed E-state index contributed by atoms with van der Waals surface area (Å²) in [5.74, 6) is 1.04. The maximum Gasteiger partial charge on any atom is 0.143 e. The normalized spacial score (nSPS) is 20.7. The zero-order valence-electron chi connectivity index (χ0n) is 11.6. The van der Waals surface area contributed by atoms with Crippen LogP contribution in [0.1, 0.15) is 33.1 Å². The lowest BCUT2D eigenvalue weighted by atomic mass is 9.89. The Kier molecular flexibility index (Phi) is 4.56. The second kappa shape index (κ2) is 6.00. The predicted octanol–water partition coefficient (Wildman–Crippen LogP) is 4.32. The van der Waals surface area contributed by atoms with E-state index in [0.717, 1.165) is 37.5 Å². The molecule has 0 radical (unpaired) electrons. The van der Waals surface area contributed by atoms with Crippen molar-refractivity contribution in [2.45, 2.75) is 33.1 Å². The standard InChI is InChI=1S/C15H22ClFN2/c1-10(2)11-4-3-6-19(7-5-11)15-8-12(16)13(17)9-14(15)18/h8-11H,3-7,18H2,1-2H3. The van der Waals surface area contributed by atoms with Crippen LogP contribution in [0, 0.1) is 17.7 Å². The van der Waals surface area contributed by atoms with E-state index < -0.39 is 5.82 Å². The topological polar surface area (TPSA) is 29.3 Å². The van der Waals surface area contributed by atoms with Gasteiger partial charge in [0.1, 0.15) is 5.82 Å². The van der Waals surface area contributed by atoms with E-state index >= 15 is 0 Å². The lowest BCUT2D eigenvalue weighted by molar-refractivity contribution is 0.351. The van der Waals surface area contributed by atoms with E-state index in [4.69, 9.17) is 17.3 Å². The Balaban J connectivity index is 2.16. The summed E-state index contributed by atoms with van der Waals surface area (Å²) in [6.45, 7) is 6.50. The van der Waals surface area contributed by atoms with E-state index in [1.54, 1.807) is 6.07 Å². The van der Waals surface area contributed by atoms with Crippen LogP contribution in [0.2, 0.25) is 5.02 Å². The first kappa shape index (κ1) is 14.4. The molecular weight excluding hydrogens is 263 g/mol. The van der Waals surface area contributed by atoms with Crippen molar-refractivity contribution in [3.8, 4) is 0 Å². The van der Waals surface area contributed by atoms with Crippen LogP contribution in [0.4, 0.5) is 15.8 Å². The van der Waals surface area contributed by atoms with Gasteiger partial charge >= 0.3 is 0 Å². The van der Waals surface area contributed by atoms with Gasteiger partial charge in [-0.25, -0.2) is 4.39 Å². The average molecular weight is 285 g/mol. The molecule has 4 heteroatoms. The molecule has 1 saturated heterocycles. The molecule has 0 spiro atoms. The predicted molar refractivity (Wildman–Crippen MR) is 80.2 cm³/mol. The zero-order valence-corrected chi connectivity index (χ0v) is 12.4. The fourth-order valence-electron chi connectivity index (χ4n) is 2.86. The molecule has 106 valence electrons. The Bertz CT molecular complexity index is 448. The van der Waals surface area contributed by atoms with Crippen LogP contribution in [0.5, 0.6) is 0 Å². The summed E-state index contributed by atoms with van der Waals surface area (Å²) in [6, 6.07) is 2.98. The third-order valence-electron chi connectivity index (χ3n) is 4.13. The molecule has 1 aromatic rings. The van der Waals surface area contributed by atoms with Crippen LogP contribution < -0.4 is 10.6 Å². The maximum atomic E-state index is 13.3. The molecule has 0 saturated carbocycles. The van der Waals surface area contributed by atoms with E-state index in [1.165, 1.54) is 12.5 Å². The number of hydrogen-bond donors (Lipinski definition) is 1. The van der Waals surface area contributed by atoms with Crippen molar-refractivity contribution in [3.63, 3.8) is 0 Å². The van der Waals surface area contributed by atoms with Gasteiger partial charge in [-0.1, -0.05) is 25.4 Å². The first-order valence-electron chi connectivity index (χ1n) is 6.98. The molecule has 0 aliphatic carbocycles. The van der Waals surface area contributed by atoms with E-state index in [9.17, 15) is 4.39 Å². The number of nitrogens with zero attached hydrogens (tertiary/aromatic N) is 1. The first-order chi connectivity index (χ1) is 8.99. The molecule has 1 fully saturated rings. The highest BCUT2D eigenvalue weighted by atomic mass is 35.5.